The zero-order valence-electron chi connectivity index (χ0n) is 10.2. The number of rotatable bonds is 7. The van der Waals surface area contributed by atoms with Crippen LogP contribution in [0, 0.1) is 0 Å². The van der Waals surface area contributed by atoms with E-state index in [1.165, 1.54) is 12.3 Å². The van der Waals surface area contributed by atoms with Gasteiger partial charge in [0, 0.05) is 5.28 Å². The lowest BCUT2D eigenvalue weighted by Crippen LogP contribution is -1.95. The van der Waals surface area contributed by atoms with Crippen molar-refractivity contribution in [2.24, 2.45) is 10.4 Å². The molecule has 0 saturated carbocycles. The first-order valence-electron chi connectivity index (χ1n) is 5.80. The smallest absolute Gasteiger partial charge is 0.337 e. The molecule has 0 saturated heterocycles. The Labute approximate surface area is 106 Å². The number of carboxylic acids is 1. The first kappa shape index (κ1) is 13.9. The quantitative estimate of drug-likeness (QED) is 0.341. The normalized spacial score (nSPS) is 11.2. The van der Waals surface area contributed by atoms with Gasteiger partial charge in [0.05, 0.1) is 5.56 Å². The maximum atomic E-state index is 10.9. The molecule has 1 N–H and O–H groups in total. The largest absolute Gasteiger partial charge is 0.478 e. The van der Waals surface area contributed by atoms with Gasteiger partial charge < -0.3 is 9.94 Å². The Morgan fingerprint density at radius 3 is 2.94 bits per heavy atom. The van der Waals surface area contributed by atoms with Crippen molar-refractivity contribution in [2.75, 3.05) is 0 Å². The van der Waals surface area contributed by atoms with E-state index in [-0.39, 0.29) is 11.3 Å². The van der Waals surface area contributed by atoms with Gasteiger partial charge in [-0.05, 0) is 31.1 Å². The second-order valence-electron chi connectivity index (χ2n) is 3.62. The zero-order valence-corrected chi connectivity index (χ0v) is 10.2. The number of aromatic carboxylic acids is 1. The highest BCUT2D eigenvalue weighted by atomic mass is 16.6. The van der Waals surface area contributed by atoms with Gasteiger partial charge in [0.15, 0.2) is 0 Å². The molecule has 0 aromatic heterocycles. The minimum absolute atomic E-state index is 0.0970. The van der Waals surface area contributed by atoms with Crippen molar-refractivity contribution in [2.45, 2.75) is 26.2 Å². The molecule has 5 nitrogen and oxygen atoms in total. The summed E-state index contributed by atoms with van der Waals surface area (Å²) in [6.45, 7) is 2.11. The van der Waals surface area contributed by atoms with Crippen LogP contribution >= 0.6 is 0 Å². The van der Waals surface area contributed by atoms with E-state index in [4.69, 9.17) is 9.94 Å². The molecular formula is C13H16N2O3. The lowest BCUT2D eigenvalue weighted by molar-refractivity contribution is 0.0697. The van der Waals surface area contributed by atoms with E-state index in [1.54, 1.807) is 18.2 Å². The second-order valence-corrected chi connectivity index (χ2v) is 3.62. The van der Waals surface area contributed by atoms with Crippen molar-refractivity contribution >= 4 is 11.7 Å². The highest BCUT2D eigenvalue weighted by Gasteiger charge is 2.07. The molecule has 0 spiro atoms. The van der Waals surface area contributed by atoms with E-state index >= 15 is 0 Å². The SMILES string of the molecule is CCCCC=CON=Nc1ccccc1C(=O)O. The van der Waals surface area contributed by atoms with Crippen molar-refractivity contribution < 1.29 is 14.7 Å². The highest BCUT2D eigenvalue weighted by molar-refractivity contribution is 5.93. The Hall–Kier alpha value is -2.17. The molecule has 1 aromatic rings. The van der Waals surface area contributed by atoms with Gasteiger partial charge in [-0.2, -0.15) is 0 Å². The van der Waals surface area contributed by atoms with Crippen LogP contribution in [-0.2, 0) is 4.84 Å². The average molecular weight is 248 g/mol. The zero-order chi connectivity index (χ0) is 13.2. The summed E-state index contributed by atoms with van der Waals surface area (Å²) < 4.78 is 0. The number of nitrogens with zero attached hydrogens (tertiary/aromatic N) is 2. The lowest BCUT2D eigenvalue weighted by Gasteiger charge is -1.97. The number of allylic oxidation sites excluding steroid dienone is 1. The van der Waals surface area contributed by atoms with Crippen LogP contribution in [0.3, 0.4) is 0 Å². The summed E-state index contributed by atoms with van der Waals surface area (Å²) >= 11 is 0. The number of unbranched alkanes of at least 4 members (excludes halogenated alkanes) is 2. The van der Waals surface area contributed by atoms with Crippen LogP contribution in [-0.4, -0.2) is 11.1 Å². The Kier molecular flexibility index (Phi) is 6.17. The van der Waals surface area contributed by atoms with E-state index < -0.39 is 5.97 Å². The molecule has 0 fully saturated rings. The fourth-order valence-electron chi connectivity index (χ4n) is 1.27. The highest BCUT2D eigenvalue weighted by Crippen LogP contribution is 2.18. The molecule has 0 heterocycles. The predicted octanol–water partition coefficient (Wildman–Crippen LogP) is 4.10. The van der Waals surface area contributed by atoms with Gasteiger partial charge in [0.2, 0.25) is 0 Å². The summed E-state index contributed by atoms with van der Waals surface area (Å²) in [4.78, 5) is 15.7. The third-order valence-electron chi connectivity index (χ3n) is 2.21. The van der Waals surface area contributed by atoms with E-state index in [0.29, 0.717) is 0 Å². The van der Waals surface area contributed by atoms with Gasteiger partial charge in [-0.15, -0.1) is 5.11 Å². The molecule has 0 unspecified atom stereocenters. The molecule has 5 heteroatoms. The lowest BCUT2D eigenvalue weighted by atomic mass is 10.2. The van der Waals surface area contributed by atoms with Gasteiger partial charge in [-0.3, -0.25) is 0 Å². The summed E-state index contributed by atoms with van der Waals surface area (Å²) in [7, 11) is 0. The van der Waals surface area contributed by atoms with Gasteiger partial charge in [0.1, 0.15) is 11.9 Å². The summed E-state index contributed by atoms with van der Waals surface area (Å²) in [5, 5.41) is 16.1. The van der Waals surface area contributed by atoms with Crippen LogP contribution < -0.4 is 0 Å². The first-order chi connectivity index (χ1) is 8.75. The Morgan fingerprint density at radius 2 is 2.22 bits per heavy atom. The molecule has 0 bridgehead atoms. The number of benzene rings is 1. The second kappa shape index (κ2) is 8.00. The van der Waals surface area contributed by atoms with Gasteiger partial charge >= 0.3 is 5.97 Å². The minimum atomic E-state index is -1.04. The van der Waals surface area contributed by atoms with Gasteiger partial charge in [-0.1, -0.05) is 25.5 Å². The van der Waals surface area contributed by atoms with Crippen LogP contribution in [0.5, 0.6) is 0 Å². The first-order valence-corrected chi connectivity index (χ1v) is 5.80. The van der Waals surface area contributed by atoms with Crippen LogP contribution in [0.1, 0.15) is 36.5 Å². The van der Waals surface area contributed by atoms with Crippen molar-refractivity contribution in [1.29, 1.82) is 0 Å². The van der Waals surface area contributed by atoms with Crippen molar-refractivity contribution in [3.05, 3.63) is 42.2 Å². The molecule has 0 amide bonds. The third kappa shape index (κ3) is 4.78. The summed E-state index contributed by atoms with van der Waals surface area (Å²) in [6.07, 6.45) is 6.45. The van der Waals surface area contributed by atoms with Crippen molar-refractivity contribution in [3.63, 3.8) is 0 Å². The molecule has 96 valence electrons. The predicted molar refractivity (Wildman–Crippen MR) is 67.7 cm³/mol. The summed E-state index contributed by atoms with van der Waals surface area (Å²) in [5.41, 5.74) is 0.367. The maximum absolute atomic E-state index is 10.9. The van der Waals surface area contributed by atoms with Crippen molar-refractivity contribution in [1.82, 2.24) is 0 Å². The molecule has 0 aliphatic rings. The average Bonchev–Trinajstić information content (AvgIpc) is 2.38. The monoisotopic (exact) mass is 248 g/mol. The fraction of sp³-hybridized carbons (Fsp3) is 0.308. The van der Waals surface area contributed by atoms with Crippen LogP contribution in [0.25, 0.3) is 0 Å². The molecule has 1 aromatic carbocycles. The molecule has 0 aliphatic carbocycles. The van der Waals surface area contributed by atoms with Crippen LogP contribution in [0.4, 0.5) is 5.69 Å². The molecular weight excluding hydrogens is 232 g/mol. The topological polar surface area (TPSA) is 71.2 Å². The van der Waals surface area contributed by atoms with E-state index in [1.807, 2.05) is 6.08 Å². The third-order valence-corrected chi connectivity index (χ3v) is 2.21. The standard InChI is InChI=1S/C13H16N2O3/c1-2-3-4-7-10-18-15-14-12-9-6-5-8-11(12)13(16)17/h5-10H,2-4H2,1H3,(H,16,17). The molecule has 1 rings (SSSR count). The number of hydrogen-bond donors (Lipinski definition) is 1. The van der Waals surface area contributed by atoms with Gasteiger partial charge in [-0.25, -0.2) is 4.79 Å². The molecule has 0 aliphatic heterocycles. The van der Waals surface area contributed by atoms with Crippen molar-refractivity contribution in [3.8, 4) is 0 Å². The van der Waals surface area contributed by atoms with Crippen LogP contribution in [0.15, 0.2) is 47.0 Å². The fourth-order valence-corrected chi connectivity index (χ4v) is 1.27. The number of hydrogen-bond acceptors (Lipinski definition) is 4. The van der Waals surface area contributed by atoms with E-state index in [2.05, 4.69) is 17.3 Å². The minimum Gasteiger partial charge on any atom is -0.478 e. The van der Waals surface area contributed by atoms with Crippen LogP contribution in [0.2, 0.25) is 0 Å². The maximum Gasteiger partial charge on any atom is 0.337 e. The number of carboxylic acid groups (broad SMARTS) is 1. The summed E-state index contributed by atoms with van der Waals surface area (Å²) in [5.74, 6) is -1.04. The molecule has 0 atom stereocenters. The van der Waals surface area contributed by atoms with E-state index in [9.17, 15) is 4.79 Å². The van der Waals surface area contributed by atoms with Gasteiger partial charge in [0.25, 0.3) is 0 Å². The molecule has 0 radical (unpaired) electrons. The Balaban J connectivity index is 2.52. The summed E-state index contributed by atoms with van der Waals surface area (Å²) in [6, 6.07) is 6.36. The number of carbonyl (C=O) groups is 1. The Morgan fingerprint density at radius 1 is 1.44 bits per heavy atom. The molecule has 18 heavy (non-hydrogen) atoms. The Bertz CT molecular complexity index is 442. The van der Waals surface area contributed by atoms with E-state index in [0.717, 1.165) is 19.3 Å².